The standard InChI is InChI=1S/C21H27N3O3S/c1-27-17-9-7-16(8-10-17)18(24-11-3-2-4-12-24)14-22-20(25)15-23-21(26)19-6-5-13-28-19/h5-10,13,18H,2-4,11-12,14-15H2,1H3,(H,22,25)(H,23,26). The predicted octanol–water partition coefficient (Wildman–Crippen LogP) is 2.83. The minimum Gasteiger partial charge on any atom is -0.497 e. The van der Waals surface area contributed by atoms with Gasteiger partial charge in [-0.25, -0.2) is 0 Å². The number of benzene rings is 1. The number of piperidine rings is 1. The largest absolute Gasteiger partial charge is 0.497 e. The Balaban J connectivity index is 1.57. The van der Waals surface area contributed by atoms with Gasteiger partial charge in [0.15, 0.2) is 0 Å². The van der Waals surface area contributed by atoms with Crippen molar-refractivity contribution < 1.29 is 14.3 Å². The molecule has 2 heterocycles. The number of ether oxygens (including phenoxy) is 1. The summed E-state index contributed by atoms with van der Waals surface area (Å²) >= 11 is 1.36. The third-order valence-electron chi connectivity index (χ3n) is 4.98. The molecule has 28 heavy (non-hydrogen) atoms. The van der Waals surface area contributed by atoms with E-state index in [-0.39, 0.29) is 24.4 Å². The van der Waals surface area contributed by atoms with E-state index in [1.807, 2.05) is 23.6 Å². The molecule has 7 heteroatoms. The molecule has 2 aromatic rings. The lowest BCUT2D eigenvalue weighted by atomic mass is 10.0. The lowest BCUT2D eigenvalue weighted by Crippen LogP contribution is -2.43. The Morgan fingerprint density at radius 2 is 1.86 bits per heavy atom. The van der Waals surface area contributed by atoms with Gasteiger partial charge in [0.1, 0.15) is 5.75 Å². The zero-order valence-corrected chi connectivity index (χ0v) is 17.0. The van der Waals surface area contributed by atoms with Crippen LogP contribution in [0.2, 0.25) is 0 Å². The van der Waals surface area contributed by atoms with Gasteiger partial charge in [-0.3, -0.25) is 14.5 Å². The Morgan fingerprint density at radius 1 is 1.11 bits per heavy atom. The van der Waals surface area contributed by atoms with E-state index in [2.05, 4.69) is 27.7 Å². The fourth-order valence-corrected chi connectivity index (χ4v) is 4.08. The smallest absolute Gasteiger partial charge is 0.261 e. The SMILES string of the molecule is COc1ccc(C(CNC(=O)CNC(=O)c2cccs2)N2CCCCC2)cc1. The van der Waals surface area contributed by atoms with Crippen molar-refractivity contribution in [3.05, 3.63) is 52.2 Å². The molecule has 3 rings (SSSR count). The third-order valence-corrected chi connectivity index (χ3v) is 5.85. The summed E-state index contributed by atoms with van der Waals surface area (Å²) in [5.74, 6) is 0.426. The van der Waals surface area contributed by atoms with E-state index in [0.717, 1.165) is 24.4 Å². The van der Waals surface area contributed by atoms with Gasteiger partial charge < -0.3 is 15.4 Å². The first-order chi connectivity index (χ1) is 13.7. The summed E-state index contributed by atoms with van der Waals surface area (Å²) < 4.78 is 5.25. The summed E-state index contributed by atoms with van der Waals surface area (Å²) in [5.41, 5.74) is 1.16. The number of carbonyl (C=O) groups excluding carboxylic acids is 2. The third kappa shape index (κ3) is 5.56. The zero-order chi connectivity index (χ0) is 19.8. The monoisotopic (exact) mass is 401 g/mol. The number of nitrogens with zero attached hydrogens (tertiary/aromatic N) is 1. The van der Waals surface area contributed by atoms with E-state index in [0.29, 0.717) is 11.4 Å². The summed E-state index contributed by atoms with van der Waals surface area (Å²) in [5, 5.41) is 7.50. The first kappa shape index (κ1) is 20.4. The van der Waals surface area contributed by atoms with Crippen molar-refractivity contribution in [1.29, 1.82) is 0 Å². The van der Waals surface area contributed by atoms with Crippen LogP contribution in [0.25, 0.3) is 0 Å². The van der Waals surface area contributed by atoms with Crippen molar-refractivity contribution in [2.45, 2.75) is 25.3 Å². The number of carbonyl (C=O) groups is 2. The molecule has 1 aliphatic heterocycles. The van der Waals surface area contributed by atoms with Crippen molar-refractivity contribution >= 4 is 23.2 Å². The maximum atomic E-state index is 12.3. The minimum atomic E-state index is -0.215. The van der Waals surface area contributed by atoms with E-state index in [4.69, 9.17) is 4.74 Å². The number of likely N-dealkylation sites (tertiary alicyclic amines) is 1. The number of amides is 2. The predicted molar refractivity (Wildman–Crippen MR) is 111 cm³/mol. The molecule has 1 fully saturated rings. The van der Waals surface area contributed by atoms with Crippen molar-refractivity contribution in [3.8, 4) is 5.75 Å². The average molecular weight is 402 g/mol. The molecule has 0 spiro atoms. The Labute approximate surface area is 169 Å². The molecule has 0 bridgehead atoms. The molecule has 1 saturated heterocycles. The molecule has 2 N–H and O–H groups in total. The number of nitrogens with one attached hydrogen (secondary N) is 2. The van der Waals surface area contributed by atoms with E-state index in [9.17, 15) is 9.59 Å². The van der Waals surface area contributed by atoms with Crippen LogP contribution in [0.15, 0.2) is 41.8 Å². The van der Waals surface area contributed by atoms with Gasteiger partial charge >= 0.3 is 0 Å². The fraction of sp³-hybridized carbons (Fsp3) is 0.429. The molecular weight excluding hydrogens is 374 g/mol. The molecule has 1 atom stereocenters. The molecule has 0 radical (unpaired) electrons. The molecule has 0 aliphatic carbocycles. The molecule has 1 aromatic heterocycles. The highest BCUT2D eigenvalue weighted by molar-refractivity contribution is 7.12. The first-order valence-electron chi connectivity index (χ1n) is 9.64. The van der Waals surface area contributed by atoms with Gasteiger partial charge in [-0.2, -0.15) is 0 Å². The molecule has 1 unspecified atom stereocenters. The van der Waals surface area contributed by atoms with Crippen LogP contribution in [-0.4, -0.2) is 50.0 Å². The Bertz CT molecular complexity index is 756. The number of hydrogen-bond donors (Lipinski definition) is 2. The maximum absolute atomic E-state index is 12.3. The quantitative estimate of drug-likeness (QED) is 0.714. The van der Waals surface area contributed by atoms with Crippen LogP contribution in [0.3, 0.4) is 0 Å². The zero-order valence-electron chi connectivity index (χ0n) is 16.1. The minimum absolute atomic E-state index is 0.0218. The highest BCUT2D eigenvalue weighted by Crippen LogP contribution is 2.25. The van der Waals surface area contributed by atoms with Crippen LogP contribution >= 0.6 is 11.3 Å². The van der Waals surface area contributed by atoms with Crippen molar-refractivity contribution in [2.75, 3.05) is 33.3 Å². The highest BCUT2D eigenvalue weighted by Gasteiger charge is 2.23. The molecule has 2 amide bonds. The van der Waals surface area contributed by atoms with Crippen LogP contribution in [0.4, 0.5) is 0 Å². The number of methoxy groups -OCH3 is 1. The second-order valence-corrected chi connectivity index (χ2v) is 7.80. The van der Waals surface area contributed by atoms with E-state index in [1.54, 1.807) is 13.2 Å². The van der Waals surface area contributed by atoms with Crippen molar-refractivity contribution in [1.82, 2.24) is 15.5 Å². The Kier molecular flexibility index (Phi) is 7.45. The summed E-state index contributed by atoms with van der Waals surface area (Å²) in [6, 6.07) is 11.7. The molecule has 1 aliphatic rings. The Hall–Kier alpha value is -2.38. The lowest BCUT2D eigenvalue weighted by Gasteiger charge is -2.35. The topological polar surface area (TPSA) is 70.7 Å². The normalized spacial score (nSPS) is 15.6. The number of thiophene rings is 1. The van der Waals surface area contributed by atoms with Crippen LogP contribution in [0.5, 0.6) is 5.75 Å². The second-order valence-electron chi connectivity index (χ2n) is 6.85. The van der Waals surface area contributed by atoms with Crippen LogP contribution in [0.1, 0.15) is 40.5 Å². The van der Waals surface area contributed by atoms with Crippen LogP contribution in [-0.2, 0) is 4.79 Å². The Morgan fingerprint density at radius 3 is 2.50 bits per heavy atom. The lowest BCUT2D eigenvalue weighted by molar-refractivity contribution is -0.120. The van der Waals surface area contributed by atoms with Crippen LogP contribution < -0.4 is 15.4 Å². The van der Waals surface area contributed by atoms with Gasteiger partial charge in [-0.05, 0) is 55.1 Å². The average Bonchev–Trinajstić information content (AvgIpc) is 3.28. The van der Waals surface area contributed by atoms with Crippen molar-refractivity contribution in [2.24, 2.45) is 0 Å². The van der Waals surface area contributed by atoms with Gasteiger partial charge in [0.2, 0.25) is 5.91 Å². The molecule has 1 aromatic carbocycles. The highest BCUT2D eigenvalue weighted by atomic mass is 32.1. The van der Waals surface area contributed by atoms with Gasteiger partial charge in [-0.1, -0.05) is 24.6 Å². The van der Waals surface area contributed by atoms with Gasteiger partial charge in [-0.15, -0.1) is 11.3 Å². The molecular formula is C21H27N3O3S. The number of hydrogen-bond acceptors (Lipinski definition) is 5. The van der Waals surface area contributed by atoms with Gasteiger partial charge in [0.05, 0.1) is 24.6 Å². The summed E-state index contributed by atoms with van der Waals surface area (Å²) in [6.45, 7) is 2.55. The van der Waals surface area contributed by atoms with Crippen molar-refractivity contribution in [3.63, 3.8) is 0 Å². The van der Waals surface area contributed by atoms with E-state index >= 15 is 0 Å². The number of rotatable bonds is 8. The summed E-state index contributed by atoms with van der Waals surface area (Å²) in [6.07, 6.45) is 3.61. The van der Waals surface area contributed by atoms with Crippen LogP contribution in [0, 0.1) is 0 Å². The molecule has 150 valence electrons. The summed E-state index contributed by atoms with van der Waals surface area (Å²) in [4.78, 5) is 27.3. The summed E-state index contributed by atoms with van der Waals surface area (Å²) in [7, 11) is 1.65. The fourth-order valence-electron chi connectivity index (χ4n) is 3.44. The maximum Gasteiger partial charge on any atom is 0.261 e. The van der Waals surface area contributed by atoms with Gasteiger partial charge in [0.25, 0.3) is 5.91 Å². The second kappa shape index (κ2) is 10.2. The first-order valence-corrected chi connectivity index (χ1v) is 10.5. The molecule has 0 saturated carbocycles. The van der Waals surface area contributed by atoms with E-state index in [1.165, 1.54) is 30.6 Å². The van der Waals surface area contributed by atoms with Gasteiger partial charge in [0, 0.05) is 6.54 Å². The van der Waals surface area contributed by atoms with E-state index < -0.39 is 0 Å². The molecule has 6 nitrogen and oxygen atoms in total.